The van der Waals surface area contributed by atoms with Crippen LogP contribution >= 0.6 is 0 Å². The molecule has 5 nitrogen and oxygen atoms in total. The largest absolute Gasteiger partial charge is 0.377 e. The summed E-state index contributed by atoms with van der Waals surface area (Å²) in [5.74, 6) is -1.11. The standard InChI is InChI=1S/C24H26F2N4O/c1-30(2)22-14-23(29-21-6-4-3-5-20(21)22)27-18-7-9-19(10-8-18)28-24(31)15-11-16(25)13-17(26)12-15/h3-6,11-14,18-19H,7-10H2,1-2H3,(H,27,29)(H,28,31)/t18-,19+. The zero-order chi connectivity index (χ0) is 22.0. The zero-order valence-corrected chi connectivity index (χ0v) is 17.7. The van der Waals surface area contributed by atoms with Crippen molar-refractivity contribution in [1.29, 1.82) is 0 Å². The van der Waals surface area contributed by atoms with E-state index in [9.17, 15) is 13.6 Å². The maximum absolute atomic E-state index is 13.4. The van der Waals surface area contributed by atoms with E-state index in [1.54, 1.807) is 0 Å². The Kier molecular flexibility index (Phi) is 6.02. The number of fused-ring (bicyclic) bond motifs is 1. The number of hydrogen-bond acceptors (Lipinski definition) is 4. The molecule has 7 heteroatoms. The summed E-state index contributed by atoms with van der Waals surface area (Å²) in [5.41, 5.74) is 2.06. The third-order valence-corrected chi connectivity index (χ3v) is 5.72. The zero-order valence-electron chi connectivity index (χ0n) is 17.7. The van der Waals surface area contributed by atoms with Crippen molar-refractivity contribution in [3.63, 3.8) is 0 Å². The molecule has 0 spiro atoms. The summed E-state index contributed by atoms with van der Waals surface area (Å²) in [4.78, 5) is 19.2. The normalized spacial score (nSPS) is 18.6. The monoisotopic (exact) mass is 424 g/mol. The van der Waals surface area contributed by atoms with Crippen LogP contribution in [-0.2, 0) is 0 Å². The van der Waals surface area contributed by atoms with Crippen LogP contribution in [0.1, 0.15) is 36.0 Å². The molecule has 1 aliphatic rings. The number of aromatic nitrogens is 1. The topological polar surface area (TPSA) is 57.3 Å². The number of pyridine rings is 1. The van der Waals surface area contributed by atoms with Gasteiger partial charge in [-0.3, -0.25) is 4.79 Å². The Bertz CT molecular complexity index is 1070. The van der Waals surface area contributed by atoms with Crippen LogP contribution in [-0.4, -0.2) is 37.1 Å². The van der Waals surface area contributed by atoms with Gasteiger partial charge in [-0.05, 0) is 43.9 Å². The molecule has 1 aliphatic carbocycles. The fourth-order valence-corrected chi connectivity index (χ4v) is 4.15. The Morgan fingerprint density at radius 1 is 0.968 bits per heavy atom. The quantitative estimate of drug-likeness (QED) is 0.622. The minimum atomic E-state index is -0.752. The van der Waals surface area contributed by atoms with Crippen molar-refractivity contribution in [3.05, 3.63) is 65.7 Å². The molecule has 0 aliphatic heterocycles. The summed E-state index contributed by atoms with van der Waals surface area (Å²) in [6.07, 6.45) is 3.31. The number of amides is 1. The number of anilines is 2. The summed E-state index contributed by atoms with van der Waals surface area (Å²) < 4.78 is 26.7. The Labute approximate surface area is 180 Å². The van der Waals surface area contributed by atoms with E-state index in [-0.39, 0.29) is 17.6 Å². The van der Waals surface area contributed by atoms with Crippen molar-refractivity contribution in [2.75, 3.05) is 24.3 Å². The maximum atomic E-state index is 13.4. The highest BCUT2D eigenvalue weighted by atomic mass is 19.1. The van der Waals surface area contributed by atoms with Gasteiger partial charge in [0.25, 0.3) is 5.91 Å². The fourth-order valence-electron chi connectivity index (χ4n) is 4.15. The lowest BCUT2D eigenvalue weighted by Crippen LogP contribution is -2.40. The van der Waals surface area contributed by atoms with E-state index < -0.39 is 17.5 Å². The van der Waals surface area contributed by atoms with Crippen molar-refractivity contribution in [2.45, 2.75) is 37.8 Å². The summed E-state index contributed by atoms with van der Waals surface area (Å²) in [6, 6.07) is 13.2. The molecule has 1 saturated carbocycles. The van der Waals surface area contributed by atoms with Gasteiger partial charge in [-0.2, -0.15) is 0 Å². The van der Waals surface area contributed by atoms with Gasteiger partial charge >= 0.3 is 0 Å². The lowest BCUT2D eigenvalue weighted by atomic mass is 9.91. The predicted molar refractivity (Wildman–Crippen MR) is 120 cm³/mol. The van der Waals surface area contributed by atoms with E-state index in [2.05, 4.69) is 27.7 Å². The minimum absolute atomic E-state index is 0.00864. The van der Waals surface area contributed by atoms with Gasteiger partial charge in [0.05, 0.1) is 5.52 Å². The van der Waals surface area contributed by atoms with Gasteiger partial charge in [-0.15, -0.1) is 0 Å². The van der Waals surface area contributed by atoms with Crippen LogP contribution in [0.3, 0.4) is 0 Å². The maximum Gasteiger partial charge on any atom is 0.251 e. The minimum Gasteiger partial charge on any atom is -0.377 e. The Balaban J connectivity index is 1.38. The first-order chi connectivity index (χ1) is 14.9. The summed E-state index contributed by atoms with van der Waals surface area (Å²) in [7, 11) is 4.04. The van der Waals surface area contributed by atoms with Crippen LogP contribution < -0.4 is 15.5 Å². The van der Waals surface area contributed by atoms with E-state index in [0.29, 0.717) is 0 Å². The second kappa shape index (κ2) is 8.88. The summed E-state index contributed by atoms with van der Waals surface area (Å²) >= 11 is 0. The molecule has 31 heavy (non-hydrogen) atoms. The van der Waals surface area contributed by atoms with Crippen molar-refractivity contribution in [2.24, 2.45) is 0 Å². The number of benzene rings is 2. The molecule has 2 N–H and O–H groups in total. The molecular weight excluding hydrogens is 398 g/mol. The molecule has 0 atom stereocenters. The molecule has 1 heterocycles. The first-order valence-corrected chi connectivity index (χ1v) is 10.5. The lowest BCUT2D eigenvalue weighted by Gasteiger charge is -2.30. The molecule has 0 unspecified atom stereocenters. The van der Waals surface area contributed by atoms with Crippen LogP contribution in [0.5, 0.6) is 0 Å². The number of carbonyl (C=O) groups is 1. The predicted octanol–water partition coefficient (Wildman–Crippen LogP) is 4.73. The molecule has 1 fully saturated rings. The number of halogens is 2. The number of para-hydroxylation sites is 1. The average Bonchev–Trinajstić information content (AvgIpc) is 2.73. The second-order valence-corrected chi connectivity index (χ2v) is 8.26. The molecule has 0 bridgehead atoms. The molecule has 0 saturated heterocycles. The smallest absolute Gasteiger partial charge is 0.251 e. The number of hydrogen-bond donors (Lipinski definition) is 2. The molecular formula is C24H26F2N4O. The van der Waals surface area contributed by atoms with Gasteiger partial charge in [-0.25, -0.2) is 13.8 Å². The number of rotatable bonds is 5. The molecule has 4 rings (SSSR count). The SMILES string of the molecule is CN(C)c1cc(N[C@H]2CC[C@@H](NC(=O)c3cc(F)cc(F)c3)CC2)nc2ccccc12. The van der Waals surface area contributed by atoms with Crippen molar-refractivity contribution in [1.82, 2.24) is 10.3 Å². The van der Waals surface area contributed by atoms with E-state index >= 15 is 0 Å². The Hall–Kier alpha value is -3.22. The van der Waals surface area contributed by atoms with Crippen LogP contribution in [0.25, 0.3) is 10.9 Å². The third kappa shape index (κ3) is 4.93. The number of nitrogens with zero attached hydrogens (tertiary/aromatic N) is 2. The van der Waals surface area contributed by atoms with Gasteiger partial charge in [-0.1, -0.05) is 18.2 Å². The van der Waals surface area contributed by atoms with E-state index in [4.69, 9.17) is 4.98 Å². The molecule has 1 amide bonds. The Morgan fingerprint density at radius 2 is 1.61 bits per heavy atom. The van der Waals surface area contributed by atoms with Gasteiger partial charge < -0.3 is 15.5 Å². The van der Waals surface area contributed by atoms with Gasteiger partial charge in [0.1, 0.15) is 17.5 Å². The highest BCUT2D eigenvalue weighted by molar-refractivity contribution is 5.94. The molecule has 2 aromatic carbocycles. The average molecular weight is 424 g/mol. The van der Waals surface area contributed by atoms with Gasteiger partial charge in [0.15, 0.2) is 0 Å². The van der Waals surface area contributed by atoms with Crippen LogP contribution in [0.15, 0.2) is 48.5 Å². The van der Waals surface area contributed by atoms with Crippen LogP contribution in [0, 0.1) is 11.6 Å². The number of nitrogens with one attached hydrogen (secondary N) is 2. The molecule has 162 valence electrons. The first kappa shape index (κ1) is 21.0. The molecule has 1 aromatic heterocycles. The van der Waals surface area contributed by atoms with E-state index in [1.165, 1.54) is 0 Å². The lowest BCUT2D eigenvalue weighted by molar-refractivity contribution is 0.0925. The Morgan fingerprint density at radius 3 is 2.29 bits per heavy atom. The van der Waals surface area contributed by atoms with Gasteiger partial charge in [0, 0.05) is 54.9 Å². The summed E-state index contributed by atoms with van der Waals surface area (Å²) in [5, 5.41) is 7.55. The fraction of sp³-hybridized carbons (Fsp3) is 0.333. The van der Waals surface area contributed by atoms with Crippen LogP contribution in [0.4, 0.5) is 20.3 Å². The highest BCUT2D eigenvalue weighted by Crippen LogP contribution is 2.29. The number of carbonyl (C=O) groups excluding carboxylic acids is 1. The molecule has 0 radical (unpaired) electrons. The van der Waals surface area contributed by atoms with Crippen molar-refractivity contribution in [3.8, 4) is 0 Å². The van der Waals surface area contributed by atoms with E-state index in [1.807, 2.05) is 32.3 Å². The first-order valence-electron chi connectivity index (χ1n) is 10.5. The van der Waals surface area contributed by atoms with Crippen molar-refractivity contribution >= 4 is 28.3 Å². The molecule has 3 aromatic rings. The van der Waals surface area contributed by atoms with E-state index in [0.717, 1.165) is 66.3 Å². The highest BCUT2D eigenvalue weighted by Gasteiger charge is 2.23. The van der Waals surface area contributed by atoms with Gasteiger partial charge in [0.2, 0.25) is 0 Å². The van der Waals surface area contributed by atoms with Crippen LogP contribution in [0.2, 0.25) is 0 Å². The summed E-state index contributed by atoms with van der Waals surface area (Å²) in [6.45, 7) is 0. The third-order valence-electron chi connectivity index (χ3n) is 5.72. The van der Waals surface area contributed by atoms with Crippen molar-refractivity contribution < 1.29 is 13.6 Å². The second-order valence-electron chi connectivity index (χ2n) is 8.26.